The number of imidazole rings is 1. The van der Waals surface area contributed by atoms with Crippen LogP contribution in [0, 0.1) is 6.92 Å². The largest absolute Gasteiger partial charge is 0.489 e. The Kier molecular flexibility index (Phi) is 7.14. The maximum atomic E-state index is 5.91. The van der Waals surface area contributed by atoms with Crippen LogP contribution in [0.4, 0.5) is 0 Å². The monoisotopic (exact) mass is 329 g/mol. The molecule has 6 heteroatoms. The molecule has 1 atom stereocenters. The van der Waals surface area contributed by atoms with E-state index in [1.807, 2.05) is 37.6 Å². The number of nitrogens with zero attached hydrogens (tertiary/aromatic N) is 3. The molecule has 0 saturated carbocycles. The zero-order valence-corrected chi connectivity index (χ0v) is 14.7. The van der Waals surface area contributed by atoms with Crippen molar-refractivity contribution in [2.45, 2.75) is 32.9 Å². The van der Waals surface area contributed by atoms with Crippen molar-refractivity contribution in [3.05, 3.63) is 48.5 Å². The van der Waals surface area contributed by atoms with Gasteiger partial charge in [0, 0.05) is 32.5 Å². The lowest BCUT2D eigenvalue weighted by Crippen LogP contribution is -2.42. The van der Waals surface area contributed by atoms with Crippen LogP contribution in [0.1, 0.15) is 18.9 Å². The Hall–Kier alpha value is -2.50. The average molecular weight is 329 g/mol. The molecule has 0 amide bonds. The molecule has 0 bridgehead atoms. The van der Waals surface area contributed by atoms with Crippen LogP contribution in [-0.4, -0.2) is 41.8 Å². The van der Waals surface area contributed by atoms with Crippen molar-refractivity contribution in [3.8, 4) is 5.75 Å². The lowest BCUT2D eigenvalue weighted by molar-refractivity contribution is 0.223. The lowest BCUT2D eigenvalue weighted by Gasteiger charge is -2.18. The van der Waals surface area contributed by atoms with Gasteiger partial charge in [0.25, 0.3) is 0 Å². The predicted octanol–water partition coefficient (Wildman–Crippen LogP) is 2.21. The van der Waals surface area contributed by atoms with Gasteiger partial charge >= 0.3 is 0 Å². The Balaban J connectivity index is 1.65. The smallest absolute Gasteiger partial charge is 0.191 e. The fourth-order valence-corrected chi connectivity index (χ4v) is 2.31. The minimum absolute atomic E-state index is 0.0521. The maximum Gasteiger partial charge on any atom is 0.191 e. The Morgan fingerprint density at radius 2 is 2.25 bits per heavy atom. The van der Waals surface area contributed by atoms with Crippen molar-refractivity contribution < 1.29 is 4.74 Å². The number of aliphatic imine (C=N–C) groups is 1. The predicted molar refractivity (Wildman–Crippen MR) is 97.5 cm³/mol. The highest BCUT2D eigenvalue weighted by atomic mass is 16.5. The summed E-state index contributed by atoms with van der Waals surface area (Å²) in [5.41, 5.74) is 1.20. The molecular weight excluding hydrogens is 302 g/mol. The number of guanidine groups is 1. The van der Waals surface area contributed by atoms with Crippen LogP contribution in [0.5, 0.6) is 5.75 Å². The molecule has 0 fully saturated rings. The highest BCUT2D eigenvalue weighted by Gasteiger charge is 2.05. The normalized spacial score (nSPS) is 12.7. The summed E-state index contributed by atoms with van der Waals surface area (Å²) in [6.45, 7) is 6.59. The second kappa shape index (κ2) is 9.60. The molecule has 1 heterocycles. The summed E-state index contributed by atoms with van der Waals surface area (Å²) < 4.78 is 7.97. The van der Waals surface area contributed by atoms with Gasteiger partial charge < -0.3 is 19.9 Å². The van der Waals surface area contributed by atoms with Gasteiger partial charge in [0.05, 0.1) is 12.9 Å². The van der Waals surface area contributed by atoms with E-state index in [4.69, 9.17) is 4.74 Å². The number of aromatic nitrogens is 2. The third-order valence-corrected chi connectivity index (χ3v) is 3.55. The van der Waals surface area contributed by atoms with Gasteiger partial charge in [-0.2, -0.15) is 0 Å². The second-order valence-corrected chi connectivity index (χ2v) is 5.78. The summed E-state index contributed by atoms with van der Waals surface area (Å²) in [6, 6.07) is 8.09. The van der Waals surface area contributed by atoms with Crippen LogP contribution in [0.25, 0.3) is 0 Å². The van der Waals surface area contributed by atoms with Crippen molar-refractivity contribution in [2.24, 2.45) is 4.99 Å². The first-order chi connectivity index (χ1) is 11.7. The number of hydrogen-bond acceptors (Lipinski definition) is 3. The maximum absolute atomic E-state index is 5.91. The van der Waals surface area contributed by atoms with Gasteiger partial charge in [-0.3, -0.25) is 4.99 Å². The molecule has 0 aliphatic carbocycles. The molecule has 1 aromatic carbocycles. The van der Waals surface area contributed by atoms with Crippen LogP contribution in [0.15, 0.2) is 48.0 Å². The van der Waals surface area contributed by atoms with Gasteiger partial charge in [0.1, 0.15) is 11.9 Å². The Morgan fingerprint density at radius 3 is 2.96 bits per heavy atom. The number of rotatable bonds is 8. The highest BCUT2D eigenvalue weighted by molar-refractivity contribution is 5.79. The molecule has 24 heavy (non-hydrogen) atoms. The molecule has 0 radical (unpaired) electrons. The van der Waals surface area contributed by atoms with Crippen molar-refractivity contribution in [2.75, 3.05) is 20.1 Å². The lowest BCUT2D eigenvalue weighted by atomic mass is 10.2. The molecule has 1 aromatic heterocycles. The molecule has 0 saturated heterocycles. The van der Waals surface area contributed by atoms with Crippen LogP contribution < -0.4 is 15.4 Å². The third kappa shape index (κ3) is 6.32. The van der Waals surface area contributed by atoms with Crippen molar-refractivity contribution >= 4 is 5.96 Å². The summed E-state index contributed by atoms with van der Waals surface area (Å²) in [5.74, 6) is 1.69. The average Bonchev–Trinajstić information content (AvgIpc) is 3.07. The van der Waals surface area contributed by atoms with Gasteiger partial charge in [-0.15, -0.1) is 0 Å². The fourth-order valence-electron chi connectivity index (χ4n) is 2.31. The summed E-state index contributed by atoms with van der Waals surface area (Å²) in [7, 11) is 1.78. The van der Waals surface area contributed by atoms with Crippen LogP contribution in [0.3, 0.4) is 0 Å². The number of nitrogens with one attached hydrogen (secondary N) is 2. The van der Waals surface area contributed by atoms with E-state index in [-0.39, 0.29) is 6.10 Å². The number of hydrogen-bond donors (Lipinski definition) is 2. The van der Waals surface area contributed by atoms with E-state index >= 15 is 0 Å². The Bertz CT molecular complexity index is 624. The molecular formula is C18H27N5O. The van der Waals surface area contributed by atoms with E-state index in [0.29, 0.717) is 6.54 Å². The van der Waals surface area contributed by atoms with Crippen molar-refractivity contribution in [3.63, 3.8) is 0 Å². The van der Waals surface area contributed by atoms with E-state index in [2.05, 4.69) is 38.2 Å². The van der Waals surface area contributed by atoms with Gasteiger partial charge in [-0.1, -0.05) is 12.1 Å². The Morgan fingerprint density at radius 1 is 1.38 bits per heavy atom. The molecule has 2 rings (SSSR count). The minimum atomic E-state index is 0.0521. The topological polar surface area (TPSA) is 63.5 Å². The summed E-state index contributed by atoms with van der Waals surface area (Å²) in [5, 5.41) is 6.60. The van der Waals surface area contributed by atoms with Crippen LogP contribution >= 0.6 is 0 Å². The molecule has 0 aliphatic rings. The first-order valence-corrected chi connectivity index (χ1v) is 8.31. The van der Waals surface area contributed by atoms with Gasteiger partial charge in [-0.25, -0.2) is 4.98 Å². The minimum Gasteiger partial charge on any atom is -0.489 e. The summed E-state index contributed by atoms with van der Waals surface area (Å²) in [6.07, 6.45) is 6.65. The SMILES string of the molecule is CN=C(NCCCn1ccnc1)NCC(C)Oc1cccc(C)c1. The number of benzene rings is 1. The molecule has 0 spiro atoms. The van der Waals surface area contributed by atoms with E-state index < -0.39 is 0 Å². The quantitative estimate of drug-likeness (QED) is 0.443. The molecule has 130 valence electrons. The van der Waals surface area contributed by atoms with Crippen LogP contribution in [0.2, 0.25) is 0 Å². The van der Waals surface area contributed by atoms with E-state index in [1.54, 1.807) is 13.2 Å². The molecule has 1 unspecified atom stereocenters. The van der Waals surface area contributed by atoms with E-state index in [1.165, 1.54) is 5.56 Å². The fraction of sp³-hybridized carbons (Fsp3) is 0.444. The third-order valence-electron chi connectivity index (χ3n) is 3.55. The summed E-state index contributed by atoms with van der Waals surface area (Å²) in [4.78, 5) is 8.27. The molecule has 0 aliphatic heterocycles. The number of ether oxygens (including phenoxy) is 1. The van der Waals surface area contributed by atoms with E-state index in [9.17, 15) is 0 Å². The van der Waals surface area contributed by atoms with Gasteiger partial charge in [-0.05, 0) is 38.0 Å². The Labute approximate surface area is 144 Å². The summed E-state index contributed by atoms with van der Waals surface area (Å²) >= 11 is 0. The standard InChI is InChI=1S/C18H27N5O/c1-15-6-4-7-17(12-15)24-16(2)13-22-18(19-3)21-8-5-10-23-11-9-20-14-23/h4,6-7,9,11-12,14,16H,5,8,10,13H2,1-3H3,(H2,19,21,22). The second-order valence-electron chi connectivity index (χ2n) is 5.78. The van der Waals surface area contributed by atoms with Crippen LogP contribution in [-0.2, 0) is 6.54 Å². The first-order valence-electron chi connectivity index (χ1n) is 8.31. The zero-order chi connectivity index (χ0) is 17.2. The number of aryl methyl sites for hydroxylation is 2. The van der Waals surface area contributed by atoms with E-state index in [0.717, 1.165) is 31.2 Å². The highest BCUT2D eigenvalue weighted by Crippen LogP contribution is 2.13. The molecule has 2 N–H and O–H groups in total. The van der Waals surface area contributed by atoms with Gasteiger partial charge in [0.2, 0.25) is 0 Å². The first kappa shape index (κ1) is 17.8. The molecule has 2 aromatic rings. The zero-order valence-electron chi connectivity index (χ0n) is 14.7. The van der Waals surface area contributed by atoms with Crippen molar-refractivity contribution in [1.82, 2.24) is 20.2 Å². The van der Waals surface area contributed by atoms with Crippen molar-refractivity contribution in [1.29, 1.82) is 0 Å². The molecule has 6 nitrogen and oxygen atoms in total. The van der Waals surface area contributed by atoms with Gasteiger partial charge in [0.15, 0.2) is 5.96 Å².